The van der Waals surface area contributed by atoms with Gasteiger partial charge >= 0.3 is 12.0 Å². The maximum absolute atomic E-state index is 12.2. The lowest BCUT2D eigenvalue weighted by molar-refractivity contribution is -0.143. The third-order valence-corrected chi connectivity index (χ3v) is 5.46. The molecule has 2 aliphatic carbocycles. The van der Waals surface area contributed by atoms with E-state index in [1.165, 1.54) is 25.7 Å². The summed E-state index contributed by atoms with van der Waals surface area (Å²) in [5.41, 5.74) is 0. The van der Waals surface area contributed by atoms with Gasteiger partial charge in [0, 0.05) is 19.6 Å². The maximum atomic E-state index is 12.2. The number of fused-ring (bicyclic) bond motifs is 2. The Hall–Kier alpha value is -1.26. The Morgan fingerprint density at radius 2 is 2.05 bits per heavy atom. The summed E-state index contributed by atoms with van der Waals surface area (Å²) < 4.78 is 0. The zero-order chi connectivity index (χ0) is 14.1. The second-order valence-corrected chi connectivity index (χ2v) is 6.74. The molecule has 0 aromatic heterocycles. The first-order valence-corrected chi connectivity index (χ1v) is 7.89. The van der Waals surface area contributed by atoms with E-state index in [1.807, 2.05) is 0 Å². The molecule has 1 saturated heterocycles. The zero-order valence-corrected chi connectivity index (χ0v) is 11.9. The number of hydrogen-bond donors (Lipinski definition) is 2. The van der Waals surface area contributed by atoms with E-state index in [-0.39, 0.29) is 6.03 Å². The third kappa shape index (κ3) is 2.76. The fourth-order valence-electron chi connectivity index (χ4n) is 4.32. The fourth-order valence-corrected chi connectivity index (χ4v) is 4.32. The van der Waals surface area contributed by atoms with E-state index >= 15 is 0 Å². The van der Waals surface area contributed by atoms with Crippen LogP contribution in [0, 0.1) is 23.7 Å². The van der Waals surface area contributed by atoms with E-state index in [0.29, 0.717) is 25.4 Å². The molecule has 5 nitrogen and oxygen atoms in total. The van der Waals surface area contributed by atoms with Gasteiger partial charge in [0.05, 0.1) is 5.92 Å². The molecule has 0 radical (unpaired) electrons. The first kappa shape index (κ1) is 13.7. The van der Waals surface area contributed by atoms with E-state index in [4.69, 9.17) is 5.11 Å². The second-order valence-electron chi connectivity index (χ2n) is 6.74. The van der Waals surface area contributed by atoms with Crippen molar-refractivity contribution < 1.29 is 14.7 Å². The maximum Gasteiger partial charge on any atom is 0.317 e. The summed E-state index contributed by atoms with van der Waals surface area (Å²) in [7, 11) is 0. The number of nitrogens with zero attached hydrogens (tertiary/aromatic N) is 1. The molecular formula is C15H24N2O3. The normalized spacial score (nSPS) is 36.1. The number of hydrogen-bond acceptors (Lipinski definition) is 2. The smallest absolute Gasteiger partial charge is 0.317 e. The van der Waals surface area contributed by atoms with E-state index in [9.17, 15) is 9.59 Å². The number of nitrogens with one attached hydrogen (secondary N) is 1. The van der Waals surface area contributed by atoms with Crippen LogP contribution < -0.4 is 5.32 Å². The zero-order valence-electron chi connectivity index (χ0n) is 11.9. The standard InChI is InChI=1S/C15H24N2O3/c18-14(19)12-2-1-5-17(9-12)15(20)16-8-13-7-10-3-4-11(13)6-10/h10-13H,1-9H2,(H,16,20)(H,18,19). The lowest BCUT2D eigenvalue weighted by atomic mass is 9.89. The summed E-state index contributed by atoms with van der Waals surface area (Å²) in [6, 6.07) is -0.0706. The highest BCUT2D eigenvalue weighted by Gasteiger charge is 2.39. The molecular weight excluding hydrogens is 256 g/mol. The average molecular weight is 280 g/mol. The Morgan fingerprint density at radius 1 is 1.20 bits per heavy atom. The van der Waals surface area contributed by atoms with Gasteiger partial charge in [0.25, 0.3) is 0 Å². The molecule has 0 spiro atoms. The first-order chi connectivity index (χ1) is 9.63. The van der Waals surface area contributed by atoms with Crippen molar-refractivity contribution in [1.29, 1.82) is 0 Å². The summed E-state index contributed by atoms with van der Waals surface area (Å²) in [5, 5.41) is 12.1. The van der Waals surface area contributed by atoms with Crippen molar-refractivity contribution in [3.05, 3.63) is 0 Å². The Kier molecular flexibility index (Phi) is 3.85. The van der Waals surface area contributed by atoms with E-state index in [0.717, 1.165) is 24.8 Å². The van der Waals surface area contributed by atoms with E-state index < -0.39 is 11.9 Å². The van der Waals surface area contributed by atoms with Crippen LogP contribution in [0.1, 0.15) is 38.5 Å². The second kappa shape index (κ2) is 5.62. The summed E-state index contributed by atoms with van der Waals surface area (Å²) in [6.07, 6.45) is 6.80. The van der Waals surface area contributed by atoms with Gasteiger partial charge < -0.3 is 15.3 Å². The number of aliphatic carboxylic acids is 1. The van der Waals surface area contributed by atoms with Crippen LogP contribution in [-0.2, 0) is 4.79 Å². The number of piperidine rings is 1. The SMILES string of the molecule is O=C(O)C1CCCN(C(=O)NCC2CC3CCC2C3)C1. The molecule has 20 heavy (non-hydrogen) atoms. The van der Waals surface area contributed by atoms with Crippen LogP contribution in [0.5, 0.6) is 0 Å². The van der Waals surface area contributed by atoms with Gasteiger partial charge in [-0.15, -0.1) is 0 Å². The number of rotatable bonds is 3. The largest absolute Gasteiger partial charge is 0.481 e. The molecule has 0 aromatic rings. The Labute approximate surface area is 119 Å². The number of likely N-dealkylation sites (tertiary alicyclic amines) is 1. The minimum atomic E-state index is -0.782. The molecule has 2 saturated carbocycles. The van der Waals surface area contributed by atoms with Crippen molar-refractivity contribution in [3.8, 4) is 0 Å². The van der Waals surface area contributed by atoms with Crippen LogP contribution in [0.4, 0.5) is 4.79 Å². The molecule has 4 unspecified atom stereocenters. The number of carbonyl (C=O) groups excluding carboxylic acids is 1. The monoisotopic (exact) mass is 280 g/mol. The van der Waals surface area contributed by atoms with Crippen LogP contribution in [0.2, 0.25) is 0 Å². The Morgan fingerprint density at radius 3 is 2.70 bits per heavy atom. The molecule has 4 atom stereocenters. The molecule has 3 rings (SSSR count). The molecule has 2 bridgehead atoms. The summed E-state index contributed by atoms with van der Waals surface area (Å²) in [4.78, 5) is 24.8. The van der Waals surface area contributed by atoms with E-state index in [2.05, 4.69) is 5.32 Å². The van der Waals surface area contributed by atoms with Crippen LogP contribution >= 0.6 is 0 Å². The van der Waals surface area contributed by atoms with Gasteiger partial charge in [-0.2, -0.15) is 0 Å². The number of carboxylic acid groups (broad SMARTS) is 1. The molecule has 1 heterocycles. The predicted molar refractivity (Wildman–Crippen MR) is 74.3 cm³/mol. The van der Waals surface area contributed by atoms with Gasteiger partial charge in [-0.1, -0.05) is 6.42 Å². The first-order valence-electron chi connectivity index (χ1n) is 7.89. The number of carboxylic acids is 1. The van der Waals surface area contributed by atoms with Gasteiger partial charge in [-0.05, 0) is 49.9 Å². The van der Waals surface area contributed by atoms with Gasteiger partial charge in [0.15, 0.2) is 0 Å². The molecule has 5 heteroatoms. The van der Waals surface area contributed by atoms with Crippen molar-refractivity contribution >= 4 is 12.0 Å². The Bertz CT molecular complexity index is 399. The van der Waals surface area contributed by atoms with Crippen molar-refractivity contribution in [2.75, 3.05) is 19.6 Å². The van der Waals surface area contributed by atoms with Crippen LogP contribution in [0.3, 0.4) is 0 Å². The van der Waals surface area contributed by atoms with Crippen molar-refractivity contribution in [1.82, 2.24) is 10.2 Å². The van der Waals surface area contributed by atoms with Crippen molar-refractivity contribution in [2.24, 2.45) is 23.7 Å². The minimum absolute atomic E-state index is 0.0706. The average Bonchev–Trinajstić information content (AvgIpc) is 3.07. The quantitative estimate of drug-likeness (QED) is 0.830. The van der Waals surface area contributed by atoms with Crippen molar-refractivity contribution in [3.63, 3.8) is 0 Å². The van der Waals surface area contributed by atoms with Gasteiger partial charge in [-0.25, -0.2) is 4.79 Å². The van der Waals surface area contributed by atoms with Crippen LogP contribution in [0.25, 0.3) is 0 Å². The molecule has 1 aliphatic heterocycles. The predicted octanol–water partition coefficient (Wildman–Crippen LogP) is 1.93. The highest BCUT2D eigenvalue weighted by Crippen LogP contribution is 2.47. The summed E-state index contributed by atoms with van der Waals surface area (Å²) >= 11 is 0. The summed E-state index contributed by atoms with van der Waals surface area (Å²) in [6.45, 7) is 1.82. The van der Waals surface area contributed by atoms with Crippen molar-refractivity contribution in [2.45, 2.75) is 38.5 Å². The molecule has 112 valence electrons. The molecule has 0 aromatic carbocycles. The Balaban J connectivity index is 1.45. The third-order valence-electron chi connectivity index (χ3n) is 5.46. The van der Waals surface area contributed by atoms with Crippen LogP contribution in [0.15, 0.2) is 0 Å². The highest BCUT2D eigenvalue weighted by molar-refractivity contribution is 5.76. The highest BCUT2D eigenvalue weighted by atomic mass is 16.4. The van der Waals surface area contributed by atoms with Gasteiger partial charge in [0.1, 0.15) is 0 Å². The lowest BCUT2D eigenvalue weighted by Gasteiger charge is -2.31. The number of amides is 2. The number of carbonyl (C=O) groups is 2. The summed E-state index contributed by atoms with van der Waals surface area (Å²) in [5.74, 6) is 1.19. The van der Waals surface area contributed by atoms with E-state index in [1.54, 1.807) is 4.90 Å². The molecule has 3 fully saturated rings. The molecule has 2 amide bonds. The van der Waals surface area contributed by atoms with Gasteiger partial charge in [0.2, 0.25) is 0 Å². The lowest BCUT2D eigenvalue weighted by Crippen LogP contribution is -2.48. The minimum Gasteiger partial charge on any atom is -0.481 e. The van der Waals surface area contributed by atoms with Crippen LogP contribution in [-0.4, -0.2) is 41.6 Å². The fraction of sp³-hybridized carbons (Fsp3) is 0.867. The molecule has 2 N–H and O–H groups in total. The number of urea groups is 1. The topological polar surface area (TPSA) is 69.6 Å². The van der Waals surface area contributed by atoms with Gasteiger partial charge in [-0.3, -0.25) is 4.79 Å². The molecule has 3 aliphatic rings.